The maximum Gasteiger partial charge on any atom is 0.146 e. The van der Waals surface area contributed by atoms with Crippen molar-refractivity contribution in [2.45, 2.75) is 13.2 Å². The molecule has 1 aromatic carbocycles. The summed E-state index contributed by atoms with van der Waals surface area (Å²) in [7, 11) is 1.90. The summed E-state index contributed by atoms with van der Waals surface area (Å²) in [6.07, 6.45) is 3.57. The molecule has 0 atom stereocenters. The number of aliphatic hydroxyl groups is 1. The van der Waals surface area contributed by atoms with Crippen molar-refractivity contribution in [3.05, 3.63) is 47.0 Å². The lowest BCUT2D eigenvalue weighted by Crippen LogP contribution is -2.04. The Morgan fingerprint density at radius 1 is 1.47 bits per heavy atom. The molecule has 1 N–H and O–H groups in total. The molecule has 0 aliphatic rings. The fourth-order valence-electron chi connectivity index (χ4n) is 1.49. The van der Waals surface area contributed by atoms with Crippen LogP contribution < -0.4 is 4.74 Å². The molecule has 1 aromatic heterocycles. The van der Waals surface area contributed by atoms with Crippen LogP contribution in [0.2, 0.25) is 5.02 Å². The summed E-state index contributed by atoms with van der Waals surface area (Å²) in [4.78, 5) is 4.15. The Hall–Kier alpha value is -1.52. The van der Waals surface area contributed by atoms with E-state index < -0.39 is 0 Å². The van der Waals surface area contributed by atoms with Crippen LogP contribution in [0.4, 0.5) is 0 Å². The van der Waals surface area contributed by atoms with Gasteiger partial charge in [-0.2, -0.15) is 0 Å². The molecule has 0 aliphatic heterocycles. The van der Waals surface area contributed by atoms with E-state index in [2.05, 4.69) is 4.98 Å². The number of benzene rings is 1. The molecule has 0 saturated carbocycles. The van der Waals surface area contributed by atoms with Crippen molar-refractivity contribution in [2.75, 3.05) is 0 Å². The molecule has 0 spiro atoms. The van der Waals surface area contributed by atoms with Crippen LogP contribution in [0.25, 0.3) is 0 Å². The molecule has 2 rings (SSSR count). The van der Waals surface area contributed by atoms with Crippen molar-refractivity contribution in [2.24, 2.45) is 7.05 Å². The predicted octanol–water partition coefficient (Wildman–Crippen LogP) is 2.14. The van der Waals surface area contributed by atoms with Gasteiger partial charge in [-0.15, -0.1) is 0 Å². The van der Waals surface area contributed by atoms with Crippen LogP contribution in [0.3, 0.4) is 0 Å². The van der Waals surface area contributed by atoms with E-state index in [-0.39, 0.29) is 6.61 Å². The van der Waals surface area contributed by atoms with Gasteiger partial charge in [-0.1, -0.05) is 11.6 Å². The van der Waals surface area contributed by atoms with E-state index in [9.17, 15) is 5.11 Å². The fourth-order valence-corrected chi connectivity index (χ4v) is 1.68. The maximum absolute atomic E-state index is 9.20. The molecule has 0 unspecified atom stereocenters. The third-order valence-corrected chi connectivity index (χ3v) is 2.71. The SMILES string of the molecule is Cn1ccnc1COc1ccc(Cl)cc1CO. The number of aliphatic hydroxyl groups excluding tert-OH is 1. The molecule has 0 fully saturated rings. The Balaban J connectivity index is 2.11. The molecule has 4 nitrogen and oxygen atoms in total. The highest BCUT2D eigenvalue weighted by Gasteiger charge is 2.06. The zero-order chi connectivity index (χ0) is 12.3. The number of hydrogen-bond donors (Lipinski definition) is 1. The van der Waals surface area contributed by atoms with Gasteiger partial charge in [0.15, 0.2) is 0 Å². The average molecular weight is 253 g/mol. The minimum Gasteiger partial charge on any atom is -0.485 e. The van der Waals surface area contributed by atoms with E-state index in [1.54, 1.807) is 24.4 Å². The number of nitrogens with zero attached hydrogens (tertiary/aromatic N) is 2. The first-order chi connectivity index (χ1) is 8.20. The van der Waals surface area contributed by atoms with Crippen molar-refractivity contribution in [1.82, 2.24) is 9.55 Å². The number of hydrogen-bond acceptors (Lipinski definition) is 3. The second kappa shape index (κ2) is 5.21. The third-order valence-electron chi connectivity index (χ3n) is 2.47. The van der Waals surface area contributed by atoms with E-state index >= 15 is 0 Å². The second-order valence-corrected chi connectivity index (χ2v) is 4.09. The smallest absolute Gasteiger partial charge is 0.146 e. The van der Waals surface area contributed by atoms with Crippen molar-refractivity contribution in [3.63, 3.8) is 0 Å². The van der Waals surface area contributed by atoms with Crippen molar-refractivity contribution in [3.8, 4) is 5.75 Å². The third kappa shape index (κ3) is 2.78. The Kier molecular flexibility index (Phi) is 3.66. The number of imidazole rings is 1. The van der Waals surface area contributed by atoms with Crippen LogP contribution in [0.5, 0.6) is 5.75 Å². The molecule has 0 radical (unpaired) electrons. The molecule has 0 aliphatic carbocycles. The van der Waals surface area contributed by atoms with E-state index in [1.807, 2.05) is 17.8 Å². The molecule has 17 heavy (non-hydrogen) atoms. The van der Waals surface area contributed by atoms with Gasteiger partial charge in [-0.3, -0.25) is 0 Å². The van der Waals surface area contributed by atoms with Crippen LogP contribution >= 0.6 is 11.6 Å². The minimum absolute atomic E-state index is 0.101. The van der Waals surface area contributed by atoms with Crippen LogP contribution in [-0.4, -0.2) is 14.7 Å². The van der Waals surface area contributed by atoms with Gasteiger partial charge in [0.05, 0.1) is 6.61 Å². The Morgan fingerprint density at radius 3 is 2.94 bits per heavy atom. The topological polar surface area (TPSA) is 47.3 Å². The standard InChI is InChI=1S/C12H13ClN2O2/c1-15-5-4-14-12(15)8-17-11-3-2-10(13)6-9(11)7-16/h2-6,16H,7-8H2,1H3. The zero-order valence-electron chi connectivity index (χ0n) is 9.43. The summed E-state index contributed by atoms with van der Waals surface area (Å²) in [5.74, 6) is 1.45. The largest absolute Gasteiger partial charge is 0.485 e. The van der Waals surface area contributed by atoms with E-state index in [4.69, 9.17) is 16.3 Å². The molecular formula is C12H13ClN2O2. The van der Waals surface area contributed by atoms with Gasteiger partial charge in [-0.05, 0) is 18.2 Å². The lowest BCUT2D eigenvalue weighted by molar-refractivity contribution is 0.254. The highest BCUT2D eigenvalue weighted by atomic mass is 35.5. The van der Waals surface area contributed by atoms with Crippen molar-refractivity contribution >= 4 is 11.6 Å². The molecule has 0 bridgehead atoms. The zero-order valence-corrected chi connectivity index (χ0v) is 10.2. The van der Waals surface area contributed by atoms with Gasteiger partial charge in [0, 0.05) is 30.0 Å². The summed E-state index contributed by atoms with van der Waals surface area (Å²) >= 11 is 5.84. The fraction of sp³-hybridized carbons (Fsp3) is 0.250. The Bertz CT molecular complexity index is 511. The summed E-state index contributed by atoms with van der Waals surface area (Å²) < 4.78 is 7.49. The normalized spacial score (nSPS) is 10.5. The molecule has 5 heteroatoms. The number of aryl methyl sites for hydroxylation is 1. The number of aromatic nitrogens is 2. The first kappa shape index (κ1) is 12.0. The highest BCUT2D eigenvalue weighted by Crippen LogP contribution is 2.23. The maximum atomic E-state index is 9.20. The first-order valence-corrected chi connectivity index (χ1v) is 5.57. The van der Waals surface area contributed by atoms with Crippen LogP contribution in [0.15, 0.2) is 30.6 Å². The monoisotopic (exact) mass is 252 g/mol. The van der Waals surface area contributed by atoms with E-state index in [0.29, 0.717) is 22.9 Å². The Labute approximate surface area is 104 Å². The van der Waals surface area contributed by atoms with E-state index in [0.717, 1.165) is 5.82 Å². The van der Waals surface area contributed by atoms with Crippen LogP contribution in [-0.2, 0) is 20.3 Å². The van der Waals surface area contributed by atoms with Gasteiger partial charge in [-0.25, -0.2) is 4.98 Å². The molecular weight excluding hydrogens is 240 g/mol. The van der Waals surface area contributed by atoms with Crippen LogP contribution in [0, 0.1) is 0 Å². The molecule has 1 heterocycles. The van der Waals surface area contributed by atoms with E-state index in [1.165, 1.54) is 0 Å². The van der Waals surface area contributed by atoms with Gasteiger partial charge in [0.25, 0.3) is 0 Å². The van der Waals surface area contributed by atoms with Gasteiger partial charge >= 0.3 is 0 Å². The number of ether oxygens (including phenoxy) is 1. The second-order valence-electron chi connectivity index (χ2n) is 3.65. The van der Waals surface area contributed by atoms with Gasteiger partial charge in [0.1, 0.15) is 18.2 Å². The predicted molar refractivity (Wildman–Crippen MR) is 64.9 cm³/mol. The summed E-state index contributed by atoms with van der Waals surface area (Å²) in [6, 6.07) is 5.17. The van der Waals surface area contributed by atoms with Gasteiger partial charge < -0.3 is 14.4 Å². The van der Waals surface area contributed by atoms with Gasteiger partial charge in [0.2, 0.25) is 0 Å². The number of halogens is 1. The molecule has 90 valence electrons. The summed E-state index contributed by atoms with van der Waals surface area (Å²) in [5, 5.41) is 9.78. The molecule has 0 amide bonds. The highest BCUT2D eigenvalue weighted by molar-refractivity contribution is 6.30. The lowest BCUT2D eigenvalue weighted by atomic mass is 10.2. The summed E-state index contributed by atoms with van der Waals surface area (Å²) in [5.41, 5.74) is 0.673. The van der Waals surface area contributed by atoms with Crippen molar-refractivity contribution in [1.29, 1.82) is 0 Å². The molecule has 0 saturated heterocycles. The average Bonchev–Trinajstić information content (AvgIpc) is 2.73. The minimum atomic E-state index is -0.101. The summed E-state index contributed by atoms with van der Waals surface area (Å²) in [6.45, 7) is 0.259. The molecule has 2 aromatic rings. The Morgan fingerprint density at radius 2 is 2.29 bits per heavy atom. The number of rotatable bonds is 4. The first-order valence-electron chi connectivity index (χ1n) is 5.19. The van der Waals surface area contributed by atoms with Crippen molar-refractivity contribution < 1.29 is 9.84 Å². The lowest BCUT2D eigenvalue weighted by Gasteiger charge is -2.10. The van der Waals surface area contributed by atoms with Crippen LogP contribution in [0.1, 0.15) is 11.4 Å². The quantitative estimate of drug-likeness (QED) is 0.907.